The Labute approximate surface area is 120 Å². The SMILES string of the molecule is CN(Cc1ccccc1O)C(=O)Nc1cccc(F)c1F. The summed E-state index contributed by atoms with van der Waals surface area (Å²) in [5, 5.41) is 11.9. The zero-order valence-corrected chi connectivity index (χ0v) is 11.3. The fraction of sp³-hybridized carbons (Fsp3) is 0.133. The third-order valence-electron chi connectivity index (χ3n) is 2.94. The molecule has 21 heavy (non-hydrogen) atoms. The molecule has 0 aliphatic rings. The second kappa shape index (κ2) is 6.21. The summed E-state index contributed by atoms with van der Waals surface area (Å²) in [6.45, 7) is 0.134. The lowest BCUT2D eigenvalue weighted by molar-refractivity contribution is 0.220. The summed E-state index contributed by atoms with van der Waals surface area (Å²) in [4.78, 5) is 13.2. The fourth-order valence-electron chi connectivity index (χ4n) is 1.78. The summed E-state index contributed by atoms with van der Waals surface area (Å²) >= 11 is 0. The maximum absolute atomic E-state index is 13.5. The van der Waals surface area contributed by atoms with Gasteiger partial charge in [0, 0.05) is 12.6 Å². The number of nitrogens with zero attached hydrogens (tertiary/aromatic N) is 1. The van der Waals surface area contributed by atoms with Gasteiger partial charge in [0.2, 0.25) is 0 Å². The highest BCUT2D eigenvalue weighted by molar-refractivity contribution is 5.89. The number of amides is 2. The first kappa shape index (κ1) is 14.8. The molecule has 4 nitrogen and oxygen atoms in total. The van der Waals surface area contributed by atoms with E-state index < -0.39 is 17.7 Å². The summed E-state index contributed by atoms with van der Waals surface area (Å²) in [7, 11) is 1.49. The molecule has 0 fully saturated rings. The monoisotopic (exact) mass is 292 g/mol. The molecule has 0 spiro atoms. The number of hydrogen-bond acceptors (Lipinski definition) is 2. The topological polar surface area (TPSA) is 52.6 Å². The molecule has 2 amide bonds. The van der Waals surface area contributed by atoms with E-state index in [1.54, 1.807) is 18.2 Å². The van der Waals surface area contributed by atoms with Gasteiger partial charge >= 0.3 is 6.03 Å². The van der Waals surface area contributed by atoms with E-state index in [4.69, 9.17) is 0 Å². The summed E-state index contributed by atoms with van der Waals surface area (Å²) in [6, 6.07) is 9.50. The molecule has 2 N–H and O–H groups in total. The van der Waals surface area contributed by atoms with Gasteiger partial charge < -0.3 is 15.3 Å². The van der Waals surface area contributed by atoms with Crippen molar-refractivity contribution in [2.45, 2.75) is 6.54 Å². The predicted molar refractivity (Wildman–Crippen MR) is 75.0 cm³/mol. The number of carbonyl (C=O) groups excluding carboxylic acids is 1. The molecule has 0 aromatic heterocycles. The highest BCUT2D eigenvalue weighted by atomic mass is 19.2. The first-order valence-corrected chi connectivity index (χ1v) is 6.22. The van der Waals surface area contributed by atoms with E-state index in [0.717, 1.165) is 6.07 Å². The first-order valence-electron chi connectivity index (χ1n) is 6.22. The Morgan fingerprint density at radius 2 is 1.90 bits per heavy atom. The predicted octanol–water partition coefficient (Wildman–Crippen LogP) is 3.33. The van der Waals surface area contributed by atoms with Crippen molar-refractivity contribution in [2.24, 2.45) is 0 Å². The normalized spacial score (nSPS) is 10.2. The second-order valence-corrected chi connectivity index (χ2v) is 4.52. The van der Waals surface area contributed by atoms with Crippen molar-refractivity contribution in [2.75, 3.05) is 12.4 Å². The lowest BCUT2D eigenvalue weighted by atomic mass is 10.2. The van der Waals surface area contributed by atoms with Gasteiger partial charge in [0.1, 0.15) is 5.75 Å². The molecule has 2 aromatic carbocycles. The van der Waals surface area contributed by atoms with Crippen LogP contribution < -0.4 is 5.32 Å². The van der Waals surface area contributed by atoms with Crippen molar-refractivity contribution < 1.29 is 18.7 Å². The van der Waals surface area contributed by atoms with E-state index >= 15 is 0 Å². The zero-order valence-electron chi connectivity index (χ0n) is 11.3. The minimum Gasteiger partial charge on any atom is -0.508 e. The molecule has 0 radical (unpaired) electrons. The number of benzene rings is 2. The summed E-state index contributed by atoms with van der Waals surface area (Å²) in [5.41, 5.74) is 0.319. The fourth-order valence-corrected chi connectivity index (χ4v) is 1.78. The van der Waals surface area contributed by atoms with E-state index in [1.807, 2.05) is 0 Å². The number of hydrogen-bond donors (Lipinski definition) is 2. The van der Waals surface area contributed by atoms with Gasteiger partial charge in [-0.05, 0) is 18.2 Å². The number of carbonyl (C=O) groups is 1. The number of nitrogens with one attached hydrogen (secondary N) is 1. The van der Waals surface area contributed by atoms with Gasteiger partial charge in [-0.3, -0.25) is 0 Å². The molecular formula is C15H14F2N2O2. The number of phenols is 1. The zero-order chi connectivity index (χ0) is 15.4. The van der Waals surface area contributed by atoms with Crippen molar-refractivity contribution in [1.82, 2.24) is 4.90 Å². The van der Waals surface area contributed by atoms with Crippen molar-refractivity contribution >= 4 is 11.7 Å². The van der Waals surface area contributed by atoms with Gasteiger partial charge in [0.25, 0.3) is 0 Å². The third kappa shape index (κ3) is 3.47. The molecule has 110 valence electrons. The molecule has 2 aromatic rings. The number of para-hydroxylation sites is 1. The number of aromatic hydroxyl groups is 1. The van der Waals surface area contributed by atoms with E-state index in [1.165, 1.54) is 30.1 Å². The highest BCUT2D eigenvalue weighted by Crippen LogP contribution is 2.19. The summed E-state index contributed by atoms with van der Waals surface area (Å²) < 4.78 is 26.5. The number of halogens is 2. The average Bonchev–Trinajstić information content (AvgIpc) is 2.46. The van der Waals surface area contributed by atoms with E-state index in [9.17, 15) is 18.7 Å². The molecule has 6 heteroatoms. The Morgan fingerprint density at radius 3 is 2.62 bits per heavy atom. The first-order chi connectivity index (χ1) is 9.99. The van der Waals surface area contributed by atoms with Crippen LogP contribution in [-0.2, 0) is 6.54 Å². The molecule has 0 unspecified atom stereocenters. The smallest absolute Gasteiger partial charge is 0.321 e. The van der Waals surface area contributed by atoms with Crippen LogP contribution in [0, 0.1) is 11.6 Å². The second-order valence-electron chi connectivity index (χ2n) is 4.52. The van der Waals surface area contributed by atoms with E-state index in [2.05, 4.69) is 5.32 Å². The number of anilines is 1. The Bertz CT molecular complexity index is 662. The Kier molecular flexibility index (Phi) is 4.37. The van der Waals surface area contributed by atoms with Gasteiger partial charge in [0.05, 0.1) is 12.2 Å². The van der Waals surface area contributed by atoms with E-state index in [-0.39, 0.29) is 18.0 Å². The van der Waals surface area contributed by atoms with Crippen LogP contribution >= 0.6 is 0 Å². The van der Waals surface area contributed by atoms with Crippen LogP contribution in [0.3, 0.4) is 0 Å². The average molecular weight is 292 g/mol. The van der Waals surface area contributed by atoms with Gasteiger partial charge in [-0.15, -0.1) is 0 Å². The van der Waals surface area contributed by atoms with Crippen LogP contribution in [0.25, 0.3) is 0 Å². The number of urea groups is 1. The van der Waals surface area contributed by atoms with Crippen molar-refractivity contribution in [1.29, 1.82) is 0 Å². The molecule has 2 rings (SSSR count). The minimum absolute atomic E-state index is 0.0640. The molecule has 0 atom stereocenters. The van der Waals surface area contributed by atoms with Crippen molar-refractivity contribution in [3.05, 3.63) is 59.7 Å². The Hall–Kier alpha value is -2.63. The van der Waals surface area contributed by atoms with Crippen LogP contribution in [0.15, 0.2) is 42.5 Å². The maximum atomic E-state index is 13.5. The number of rotatable bonds is 3. The molecule has 0 aliphatic carbocycles. The van der Waals surface area contributed by atoms with Crippen LogP contribution in [0.4, 0.5) is 19.3 Å². The Balaban J connectivity index is 2.06. The summed E-state index contributed by atoms with van der Waals surface area (Å²) in [5.74, 6) is -2.08. The Morgan fingerprint density at radius 1 is 1.19 bits per heavy atom. The maximum Gasteiger partial charge on any atom is 0.321 e. The lowest BCUT2D eigenvalue weighted by Crippen LogP contribution is -2.31. The molecule has 0 saturated carbocycles. The lowest BCUT2D eigenvalue weighted by Gasteiger charge is -2.19. The van der Waals surface area contributed by atoms with Gasteiger partial charge in [-0.2, -0.15) is 0 Å². The molecule has 0 heterocycles. The van der Waals surface area contributed by atoms with Crippen LogP contribution in [0.2, 0.25) is 0 Å². The van der Waals surface area contributed by atoms with Gasteiger partial charge in [0.15, 0.2) is 11.6 Å². The van der Waals surface area contributed by atoms with E-state index in [0.29, 0.717) is 5.56 Å². The molecular weight excluding hydrogens is 278 g/mol. The third-order valence-corrected chi connectivity index (χ3v) is 2.94. The van der Waals surface area contributed by atoms with Crippen LogP contribution in [-0.4, -0.2) is 23.1 Å². The standard InChI is InChI=1S/C15H14F2N2O2/c1-19(9-10-5-2-3-8-13(10)20)15(21)18-12-7-4-6-11(16)14(12)17/h2-8,20H,9H2,1H3,(H,18,21). The molecule has 0 saturated heterocycles. The van der Waals surface area contributed by atoms with Gasteiger partial charge in [-0.1, -0.05) is 24.3 Å². The van der Waals surface area contributed by atoms with Crippen LogP contribution in [0.5, 0.6) is 5.75 Å². The largest absolute Gasteiger partial charge is 0.508 e. The number of phenolic OH excluding ortho intramolecular Hbond substituents is 1. The summed E-state index contributed by atoms with van der Waals surface area (Å²) in [6.07, 6.45) is 0. The minimum atomic E-state index is -1.11. The van der Waals surface area contributed by atoms with Crippen LogP contribution in [0.1, 0.15) is 5.56 Å². The van der Waals surface area contributed by atoms with Crippen molar-refractivity contribution in [3.8, 4) is 5.75 Å². The highest BCUT2D eigenvalue weighted by Gasteiger charge is 2.14. The quantitative estimate of drug-likeness (QED) is 0.911. The van der Waals surface area contributed by atoms with Gasteiger partial charge in [-0.25, -0.2) is 13.6 Å². The molecule has 0 aliphatic heterocycles. The van der Waals surface area contributed by atoms with Crippen molar-refractivity contribution in [3.63, 3.8) is 0 Å². The molecule has 0 bridgehead atoms.